The van der Waals surface area contributed by atoms with E-state index in [1.54, 1.807) is 51.1 Å². The monoisotopic (exact) mass is 427 g/mol. The highest BCUT2D eigenvalue weighted by Gasteiger charge is 2.15. The van der Waals surface area contributed by atoms with Crippen LogP contribution in [0.1, 0.15) is 32.8 Å². The lowest BCUT2D eigenvalue weighted by molar-refractivity contribution is -0.121. The second-order valence-corrected chi connectivity index (χ2v) is 7.81. The van der Waals surface area contributed by atoms with E-state index >= 15 is 0 Å². The van der Waals surface area contributed by atoms with E-state index in [0.717, 1.165) is 5.56 Å². The molecule has 0 fully saturated rings. The Labute approximate surface area is 182 Å². The molecule has 8 nitrogen and oxygen atoms in total. The van der Waals surface area contributed by atoms with Gasteiger partial charge in [0.15, 0.2) is 6.61 Å². The van der Waals surface area contributed by atoms with Crippen LogP contribution in [0.15, 0.2) is 54.6 Å². The highest BCUT2D eigenvalue weighted by molar-refractivity contribution is 5.92. The number of anilines is 1. The van der Waals surface area contributed by atoms with Crippen molar-refractivity contribution >= 4 is 23.6 Å². The quantitative estimate of drug-likeness (QED) is 0.570. The van der Waals surface area contributed by atoms with Crippen LogP contribution in [-0.2, 0) is 20.9 Å². The van der Waals surface area contributed by atoms with Gasteiger partial charge < -0.3 is 25.4 Å². The van der Waals surface area contributed by atoms with Crippen molar-refractivity contribution in [2.24, 2.45) is 0 Å². The summed E-state index contributed by atoms with van der Waals surface area (Å²) in [5.74, 6) is 0.135. The molecule has 0 unspecified atom stereocenters. The molecular weight excluding hydrogens is 398 g/mol. The van der Waals surface area contributed by atoms with Gasteiger partial charge in [-0.2, -0.15) is 0 Å². The van der Waals surface area contributed by atoms with Gasteiger partial charge in [0.2, 0.25) is 5.91 Å². The zero-order valence-electron chi connectivity index (χ0n) is 18.1. The molecule has 0 heterocycles. The van der Waals surface area contributed by atoms with Crippen LogP contribution >= 0.6 is 0 Å². The Morgan fingerprint density at radius 1 is 0.903 bits per heavy atom. The SMILES string of the molecule is CC(C)(C)OC(=O)NCCC(=O)NCc1cccc(NC(=O)COc2ccccc2)c1. The van der Waals surface area contributed by atoms with Crippen molar-refractivity contribution in [1.82, 2.24) is 10.6 Å². The average molecular weight is 428 g/mol. The van der Waals surface area contributed by atoms with Crippen LogP contribution in [0.4, 0.5) is 10.5 Å². The molecule has 0 bridgehead atoms. The van der Waals surface area contributed by atoms with Crippen molar-refractivity contribution in [3.05, 3.63) is 60.2 Å². The normalized spacial score (nSPS) is 10.7. The molecule has 0 aromatic heterocycles. The second kappa shape index (κ2) is 11.6. The van der Waals surface area contributed by atoms with Gasteiger partial charge in [0.1, 0.15) is 11.4 Å². The molecule has 2 aromatic carbocycles. The highest BCUT2D eigenvalue weighted by Crippen LogP contribution is 2.12. The number of hydrogen-bond acceptors (Lipinski definition) is 5. The van der Waals surface area contributed by atoms with Gasteiger partial charge in [-0.15, -0.1) is 0 Å². The standard InChI is InChI=1S/C23H29N3O5/c1-23(2,3)31-22(29)24-13-12-20(27)25-15-17-8-7-9-18(14-17)26-21(28)16-30-19-10-5-4-6-11-19/h4-11,14H,12-13,15-16H2,1-3H3,(H,24,29)(H,25,27)(H,26,28). The first kappa shape index (κ1) is 23.7. The summed E-state index contributed by atoms with van der Waals surface area (Å²) in [5, 5.41) is 8.09. The molecule has 0 spiro atoms. The molecule has 0 saturated carbocycles. The van der Waals surface area contributed by atoms with E-state index in [-0.39, 0.29) is 31.4 Å². The number of hydrogen-bond donors (Lipinski definition) is 3. The summed E-state index contributed by atoms with van der Waals surface area (Å²) in [6.45, 7) is 5.69. The van der Waals surface area contributed by atoms with Crippen LogP contribution < -0.4 is 20.7 Å². The Balaban J connectivity index is 1.70. The van der Waals surface area contributed by atoms with Gasteiger partial charge in [0.25, 0.3) is 5.91 Å². The van der Waals surface area contributed by atoms with Crippen molar-refractivity contribution < 1.29 is 23.9 Å². The summed E-state index contributed by atoms with van der Waals surface area (Å²) in [6, 6.07) is 16.3. The fraction of sp³-hybridized carbons (Fsp3) is 0.348. The van der Waals surface area contributed by atoms with E-state index in [9.17, 15) is 14.4 Å². The van der Waals surface area contributed by atoms with Gasteiger partial charge in [0.05, 0.1) is 0 Å². The molecule has 8 heteroatoms. The molecule has 0 aliphatic heterocycles. The van der Waals surface area contributed by atoms with Crippen molar-refractivity contribution in [3.8, 4) is 5.75 Å². The van der Waals surface area contributed by atoms with E-state index in [2.05, 4.69) is 16.0 Å². The third-order valence-electron chi connectivity index (χ3n) is 3.83. The molecule has 166 valence electrons. The maximum Gasteiger partial charge on any atom is 0.407 e. The highest BCUT2D eigenvalue weighted by atomic mass is 16.6. The van der Waals surface area contributed by atoms with Crippen molar-refractivity contribution in [3.63, 3.8) is 0 Å². The number of carbonyl (C=O) groups excluding carboxylic acids is 3. The molecule has 0 saturated heterocycles. The van der Waals surface area contributed by atoms with Crippen LogP contribution in [-0.4, -0.2) is 36.7 Å². The summed E-state index contributed by atoms with van der Waals surface area (Å²) >= 11 is 0. The zero-order valence-corrected chi connectivity index (χ0v) is 18.1. The van der Waals surface area contributed by atoms with Crippen LogP contribution in [0, 0.1) is 0 Å². The van der Waals surface area contributed by atoms with Gasteiger partial charge in [-0.1, -0.05) is 30.3 Å². The van der Waals surface area contributed by atoms with E-state index in [1.165, 1.54) is 0 Å². The number of ether oxygens (including phenoxy) is 2. The van der Waals surface area contributed by atoms with Gasteiger partial charge >= 0.3 is 6.09 Å². The van der Waals surface area contributed by atoms with E-state index in [0.29, 0.717) is 18.0 Å². The first-order valence-electron chi connectivity index (χ1n) is 10.0. The van der Waals surface area contributed by atoms with Gasteiger partial charge in [-0.3, -0.25) is 9.59 Å². The Morgan fingerprint density at radius 2 is 1.65 bits per heavy atom. The van der Waals surface area contributed by atoms with Crippen molar-refractivity contribution in [2.45, 2.75) is 39.3 Å². The molecule has 0 aliphatic rings. The van der Waals surface area contributed by atoms with Crippen molar-refractivity contribution in [1.29, 1.82) is 0 Å². The number of nitrogens with one attached hydrogen (secondary N) is 3. The minimum Gasteiger partial charge on any atom is -0.484 e. The van der Waals surface area contributed by atoms with Crippen LogP contribution in [0.5, 0.6) is 5.75 Å². The number of para-hydroxylation sites is 1. The largest absolute Gasteiger partial charge is 0.484 e. The number of carbonyl (C=O) groups is 3. The molecule has 31 heavy (non-hydrogen) atoms. The zero-order chi connectivity index (χ0) is 22.7. The van der Waals surface area contributed by atoms with Crippen LogP contribution in [0.25, 0.3) is 0 Å². The molecule has 3 amide bonds. The van der Waals surface area contributed by atoms with Crippen LogP contribution in [0.3, 0.4) is 0 Å². The maximum absolute atomic E-state index is 12.1. The summed E-state index contributed by atoms with van der Waals surface area (Å²) in [7, 11) is 0. The van der Waals surface area contributed by atoms with E-state index in [4.69, 9.17) is 9.47 Å². The average Bonchev–Trinajstić information content (AvgIpc) is 2.70. The molecule has 3 N–H and O–H groups in total. The smallest absolute Gasteiger partial charge is 0.407 e. The molecule has 2 rings (SSSR count). The third-order valence-corrected chi connectivity index (χ3v) is 3.83. The number of alkyl carbamates (subject to hydrolysis) is 1. The lowest BCUT2D eigenvalue weighted by Crippen LogP contribution is -2.35. The predicted molar refractivity (Wildman–Crippen MR) is 118 cm³/mol. The van der Waals surface area contributed by atoms with Gasteiger partial charge in [-0.05, 0) is 50.6 Å². The summed E-state index contributed by atoms with van der Waals surface area (Å²) in [5.41, 5.74) is 0.857. The fourth-order valence-corrected chi connectivity index (χ4v) is 2.50. The summed E-state index contributed by atoms with van der Waals surface area (Å²) < 4.78 is 10.5. The predicted octanol–water partition coefficient (Wildman–Crippen LogP) is 3.24. The number of rotatable bonds is 9. The number of benzene rings is 2. The topological polar surface area (TPSA) is 106 Å². The third kappa shape index (κ3) is 10.2. The second-order valence-electron chi connectivity index (χ2n) is 7.81. The molecule has 0 radical (unpaired) electrons. The fourth-order valence-electron chi connectivity index (χ4n) is 2.50. The Morgan fingerprint density at radius 3 is 2.35 bits per heavy atom. The first-order chi connectivity index (χ1) is 14.7. The summed E-state index contributed by atoms with van der Waals surface area (Å²) in [4.78, 5) is 35.6. The molecule has 0 atom stereocenters. The lowest BCUT2D eigenvalue weighted by atomic mass is 10.2. The van der Waals surface area contributed by atoms with Gasteiger partial charge in [0, 0.05) is 25.2 Å². The molecule has 0 aliphatic carbocycles. The lowest BCUT2D eigenvalue weighted by Gasteiger charge is -2.19. The van der Waals surface area contributed by atoms with Gasteiger partial charge in [-0.25, -0.2) is 4.79 Å². The number of amides is 3. The first-order valence-corrected chi connectivity index (χ1v) is 10.0. The Hall–Kier alpha value is -3.55. The Bertz CT molecular complexity index is 878. The minimum atomic E-state index is -0.583. The van der Waals surface area contributed by atoms with E-state index < -0.39 is 11.7 Å². The van der Waals surface area contributed by atoms with Crippen molar-refractivity contribution in [2.75, 3.05) is 18.5 Å². The molecular formula is C23H29N3O5. The molecule has 2 aromatic rings. The van der Waals surface area contributed by atoms with Crippen LogP contribution in [0.2, 0.25) is 0 Å². The maximum atomic E-state index is 12.1. The minimum absolute atomic E-state index is 0.102. The van der Waals surface area contributed by atoms with E-state index in [1.807, 2.05) is 24.3 Å². The summed E-state index contributed by atoms with van der Waals surface area (Å²) in [6.07, 6.45) is -0.424. The Kier molecular flexibility index (Phi) is 8.87.